The van der Waals surface area contributed by atoms with Gasteiger partial charge in [-0.1, -0.05) is 15.9 Å². The number of amides is 1. The van der Waals surface area contributed by atoms with Crippen LogP contribution in [0.2, 0.25) is 0 Å². The normalized spacial score (nSPS) is 22.2. The molecule has 0 saturated carbocycles. The summed E-state index contributed by atoms with van der Waals surface area (Å²) in [6.45, 7) is 1.73. The first-order chi connectivity index (χ1) is 5.83. The molecule has 4 nitrogen and oxygen atoms in total. The van der Waals surface area contributed by atoms with Crippen LogP contribution in [0, 0.1) is 0 Å². The van der Waals surface area contributed by atoms with Crippen molar-refractivity contribution < 1.29 is 14.3 Å². The topological polar surface area (TPSA) is 47.6 Å². The molecule has 12 heavy (non-hydrogen) atoms. The van der Waals surface area contributed by atoms with E-state index in [4.69, 9.17) is 9.47 Å². The van der Waals surface area contributed by atoms with Crippen molar-refractivity contribution in [1.29, 1.82) is 0 Å². The monoisotopic (exact) mass is 237 g/mol. The van der Waals surface area contributed by atoms with Gasteiger partial charge in [-0.05, 0) is 6.42 Å². The zero-order valence-corrected chi connectivity index (χ0v) is 8.30. The van der Waals surface area contributed by atoms with E-state index in [9.17, 15) is 4.79 Å². The van der Waals surface area contributed by atoms with Gasteiger partial charge in [-0.3, -0.25) is 0 Å². The van der Waals surface area contributed by atoms with E-state index in [0.717, 1.165) is 13.0 Å². The fourth-order valence-corrected chi connectivity index (χ4v) is 1.15. The van der Waals surface area contributed by atoms with Gasteiger partial charge in [0.2, 0.25) is 0 Å². The SMILES string of the molecule is O=C(NC1CCOC1)OCCBr. The third-order valence-corrected chi connectivity index (χ3v) is 1.89. The highest BCUT2D eigenvalue weighted by molar-refractivity contribution is 9.09. The zero-order valence-electron chi connectivity index (χ0n) is 6.72. The Morgan fingerprint density at radius 2 is 2.58 bits per heavy atom. The lowest BCUT2D eigenvalue weighted by Crippen LogP contribution is -2.35. The van der Waals surface area contributed by atoms with Crippen molar-refractivity contribution in [3.05, 3.63) is 0 Å². The summed E-state index contributed by atoms with van der Waals surface area (Å²) in [5.74, 6) is 0. The van der Waals surface area contributed by atoms with Crippen LogP contribution in [0.4, 0.5) is 4.79 Å². The maximum absolute atomic E-state index is 10.9. The number of carbonyl (C=O) groups is 1. The molecular weight excluding hydrogens is 226 g/mol. The van der Waals surface area contributed by atoms with E-state index in [-0.39, 0.29) is 12.1 Å². The molecule has 0 aromatic heterocycles. The molecule has 1 atom stereocenters. The molecule has 0 aromatic carbocycles. The van der Waals surface area contributed by atoms with Crippen LogP contribution in [-0.4, -0.2) is 37.3 Å². The van der Waals surface area contributed by atoms with Gasteiger partial charge in [-0.2, -0.15) is 0 Å². The first kappa shape index (κ1) is 9.80. The van der Waals surface area contributed by atoms with Gasteiger partial charge >= 0.3 is 6.09 Å². The third kappa shape index (κ3) is 3.40. The lowest BCUT2D eigenvalue weighted by molar-refractivity contribution is 0.145. The van der Waals surface area contributed by atoms with Gasteiger partial charge in [0, 0.05) is 11.9 Å². The van der Waals surface area contributed by atoms with Crippen molar-refractivity contribution in [2.24, 2.45) is 0 Å². The van der Waals surface area contributed by atoms with E-state index in [1.807, 2.05) is 0 Å². The molecule has 1 heterocycles. The van der Waals surface area contributed by atoms with Gasteiger partial charge in [-0.25, -0.2) is 4.79 Å². The molecule has 0 radical (unpaired) electrons. The van der Waals surface area contributed by atoms with Crippen LogP contribution < -0.4 is 5.32 Å². The smallest absolute Gasteiger partial charge is 0.407 e. The number of hydrogen-bond acceptors (Lipinski definition) is 3. The number of ether oxygens (including phenoxy) is 2. The number of carbonyl (C=O) groups excluding carboxylic acids is 1. The van der Waals surface area contributed by atoms with Crippen LogP contribution >= 0.6 is 15.9 Å². The van der Waals surface area contributed by atoms with E-state index >= 15 is 0 Å². The highest BCUT2D eigenvalue weighted by Gasteiger charge is 2.17. The third-order valence-electron chi connectivity index (χ3n) is 1.56. The van der Waals surface area contributed by atoms with E-state index < -0.39 is 0 Å². The molecule has 5 heteroatoms. The van der Waals surface area contributed by atoms with Crippen LogP contribution in [0.5, 0.6) is 0 Å². The molecule has 1 unspecified atom stereocenters. The van der Waals surface area contributed by atoms with E-state index in [1.165, 1.54) is 0 Å². The molecule has 1 fully saturated rings. The average molecular weight is 238 g/mol. The van der Waals surface area contributed by atoms with Crippen LogP contribution in [0.25, 0.3) is 0 Å². The Balaban J connectivity index is 2.08. The van der Waals surface area contributed by atoms with Gasteiger partial charge in [0.15, 0.2) is 0 Å². The fourth-order valence-electron chi connectivity index (χ4n) is 0.988. The predicted molar refractivity (Wildman–Crippen MR) is 47.5 cm³/mol. The Morgan fingerprint density at radius 3 is 3.17 bits per heavy atom. The predicted octanol–water partition coefficient (Wildman–Crippen LogP) is 0.896. The van der Waals surface area contributed by atoms with Crippen molar-refractivity contribution in [3.63, 3.8) is 0 Å². The first-order valence-electron chi connectivity index (χ1n) is 3.90. The van der Waals surface area contributed by atoms with Crippen molar-refractivity contribution in [2.75, 3.05) is 25.2 Å². The summed E-state index contributed by atoms with van der Waals surface area (Å²) >= 11 is 3.16. The minimum Gasteiger partial charge on any atom is -0.449 e. The Bertz CT molecular complexity index is 148. The van der Waals surface area contributed by atoms with Gasteiger partial charge in [0.05, 0.1) is 12.6 Å². The van der Waals surface area contributed by atoms with E-state index in [0.29, 0.717) is 18.5 Å². The largest absolute Gasteiger partial charge is 0.449 e. The molecule has 1 aliphatic heterocycles. The Kier molecular flexibility index (Phi) is 4.39. The lowest BCUT2D eigenvalue weighted by Gasteiger charge is -2.09. The Morgan fingerprint density at radius 1 is 1.75 bits per heavy atom. The number of alkyl carbamates (subject to hydrolysis) is 1. The maximum Gasteiger partial charge on any atom is 0.407 e. The molecule has 1 rings (SSSR count). The molecule has 70 valence electrons. The fraction of sp³-hybridized carbons (Fsp3) is 0.857. The minimum absolute atomic E-state index is 0.132. The minimum atomic E-state index is -0.357. The van der Waals surface area contributed by atoms with Crippen LogP contribution in [0.3, 0.4) is 0 Å². The highest BCUT2D eigenvalue weighted by Crippen LogP contribution is 2.03. The van der Waals surface area contributed by atoms with Crippen molar-refractivity contribution in [1.82, 2.24) is 5.32 Å². The molecule has 0 aromatic rings. The van der Waals surface area contributed by atoms with E-state index in [2.05, 4.69) is 21.2 Å². The van der Waals surface area contributed by atoms with Gasteiger partial charge < -0.3 is 14.8 Å². The molecule has 0 aliphatic carbocycles. The van der Waals surface area contributed by atoms with Crippen molar-refractivity contribution >= 4 is 22.0 Å². The van der Waals surface area contributed by atoms with Crippen LogP contribution in [0.1, 0.15) is 6.42 Å². The van der Waals surface area contributed by atoms with Crippen molar-refractivity contribution in [3.8, 4) is 0 Å². The first-order valence-corrected chi connectivity index (χ1v) is 5.02. The molecule has 1 saturated heterocycles. The number of rotatable bonds is 3. The summed E-state index contributed by atoms with van der Waals surface area (Å²) in [6, 6.07) is 0.132. The summed E-state index contributed by atoms with van der Waals surface area (Å²) in [5.41, 5.74) is 0. The molecule has 0 spiro atoms. The number of hydrogen-bond donors (Lipinski definition) is 1. The molecule has 1 N–H and O–H groups in total. The molecule has 0 bridgehead atoms. The summed E-state index contributed by atoms with van der Waals surface area (Å²) in [6.07, 6.45) is 0.522. The Labute approximate surface area is 79.7 Å². The number of alkyl halides is 1. The summed E-state index contributed by atoms with van der Waals surface area (Å²) in [5, 5.41) is 3.37. The number of nitrogens with one attached hydrogen (secondary N) is 1. The van der Waals surface area contributed by atoms with Gasteiger partial charge in [0.1, 0.15) is 6.61 Å². The second-order valence-electron chi connectivity index (χ2n) is 2.53. The second kappa shape index (κ2) is 5.37. The Hall–Kier alpha value is -0.290. The average Bonchev–Trinajstić information content (AvgIpc) is 2.53. The zero-order chi connectivity index (χ0) is 8.81. The lowest BCUT2D eigenvalue weighted by atomic mass is 10.3. The molecule has 1 amide bonds. The quantitative estimate of drug-likeness (QED) is 0.743. The highest BCUT2D eigenvalue weighted by atomic mass is 79.9. The van der Waals surface area contributed by atoms with Gasteiger partial charge in [-0.15, -0.1) is 0 Å². The van der Waals surface area contributed by atoms with Gasteiger partial charge in [0.25, 0.3) is 0 Å². The van der Waals surface area contributed by atoms with Crippen LogP contribution in [0.15, 0.2) is 0 Å². The summed E-state index contributed by atoms with van der Waals surface area (Å²) in [4.78, 5) is 10.9. The molecular formula is C7H12BrNO3. The number of halogens is 1. The standard InChI is InChI=1S/C7H12BrNO3/c8-2-4-12-7(10)9-6-1-3-11-5-6/h6H,1-5H2,(H,9,10). The van der Waals surface area contributed by atoms with Crippen LogP contribution in [-0.2, 0) is 9.47 Å². The molecule has 1 aliphatic rings. The van der Waals surface area contributed by atoms with E-state index in [1.54, 1.807) is 0 Å². The summed E-state index contributed by atoms with van der Waals surface area (Å²) < 4.78 is 9.88. The second-order valence-corrected chi connectivity index (χ2v) is 3.32. The van der Waals surface area contributed by atoms with Crippen molar-refractivity contribution in [2.45, 2.75) is 12.5 Å². The maximum atomic E-state index is 10.9. The summed E-state index contributed by atoms with van der Waals surface area (Å²) in [7, 11) is 0.